The summed E-state index contributed by atoms with van der Waals surface area (Å²) < 4.78 is 0. The van der Waals surface area contributed by atoms with Crippen molar-refractivity contribution < 1.29 is 4.79 Å². The molecule has 2 aliphatic heterocycles. The number of likely N-dealkylation sites (tertiary alicyclic amines) is 1. The van der Waals surface area contributed by atoms with E-state index < -0.39 is 0 Å². The van der Waals surface area contributed by atoms with E-state index in [4.69, 9.17) is 23.2 Å². The number of carbonyl (C=O) groups excluding carboxylic acids is 1. The summed E-state index contributed by atoms with van der Waals surface area (Å²) >= 11 is 11.9. The van der Waals surface area contributed by atoms with Crippen LogP contribution in [0.2, 0.25) is 10.0 Å². The predicted molar refractivity (Wildman–Crippen MR) is 81.6 cm³/mol. The highest BCUT2D eigenvalue weighted by molar-refractivity contribution is 6.35. The number of amides is 2. The van der Waals surface area contributed by atoms with Gasteiger partial charge >= 0.3 is 6.03 Å². The van der Waals surface area contributed by atoms with Crippen LogP contribution < -0.4 is 10.6 Å². The van der Waals surface area contributed by atoms with Crippen molar-refractivity contribution in [1.82, 2.24) is 10.2 Å². The molecule has 2 aliphatic rings. The second-order valence-corrected chi connectivity index (χ2v) is 6.56. The van der Waals surface area contributed by atoms with Crippen LogP contribution in [0.15, 0.2) is 18.2 Å². The Hall–Kier alpha value is -0.970. The number of hydrogen-bond acceptors (Lipinski definition) is 2. The first kappa shape index (κ1) is 14.0. The molecule has 4 nitrogen and oxygen atoms in total. The zero-order chi connectivity index (χ0) is 14.2. The van der Waals surface area contributed by atoms with E-state index in [0.29, 0.717) is 15.7 Å². The SMILES string of the molecule is O=C(Nc1cc(Cl)cc(Cl)c1)N1CCC2(CCNC2)C1. The Bertz CT molecular complexity index is 509. The van der Waals surface area contributed by atoms with Gasteiger partial charge in [0.2, 0.25) is 0 Å². The number of benzene rings is 1. The highest BCUT2D eigenvalue weighted by atomic mass is 35.5. The van der Waals surface area contributed by atoms with Crippen LogP contribution in [0.3, 0.4) is 0 Å². The molecule has 1 atom stereocenters. The minimum atomic E-state index is -0.0768. The monoisotopic (exact) mass is 313 g/mol. The van der Waals surface area contributed by atoms with Crippen molar-refractivity contribution in [2.24, 2.45) is 5.41 Å². The first-order chi connectivity index (χ1) is 9.56. The Balaban J connectivity index is 1.65. The third-order valence-corrected chi connectivity index (χ3v) is 4.61. The van der Waals surface area contributed by atoms with Gasteiger partial charge in [0.15, 0.2) is 0 Å². The van der Waals surface area contributed by atoms with E-state index >= 15 is 0 Å². The molecule has 0 aliphatic carbocycles. The molecule has 1 unspecified atom stereocenters. The highest BCUT2D eigenvalue weighted by Gasteiger charge is 2.41. The van der Waals surface area contributed by atoms with Gasteiger partial charge in [0.05, 0.1) is 0 Å². The molecule has 0 aromatic heterocycles. The molecule has 1 spiro atoms. The lowest BCUT2D eigenvalue weighted by atomic mass is 9.87. The van der Waals surface area contributed by atoms with Gasteiger partial charge in [-0.05, 0) is 37.6 Å². The second kappa shape index (κ2) is 5.43. The maximum absolute atomic E-state index is 12.3. The first-order valence-electron chi connectivity index (χ1n) is 6.79. The molecule has 1 aromatic rings. The molecule has 108 valence electrons. The maximum atomic E-state index is 12.3. The Morgan fingerprint density at radius 1 is 1.25 bits per heavy atom. The zero-order valence-corrected chi connectivity index (χ0v) is 12.6. The Labute approximate surface area is 128 Å². The van der Waals surface area contributed by atoms with Crippen LogP contribution in [-0.2, 0) is 0 Å². The van der Waals surface area contributed by atoms with Gasteiger partial charge in [-0.3, -0.25) is 0 Å². The molecular formula is C14H17Cl2N3O. The number of hydrogen-bond donors (Lipinski definition) is 2. The smallest absolute Gasteiger partial charge is 0.321 e. The molecule has 0 saturated carbocycles. The molecule has 6 heteroatoms. The quantitative estimate of drug-likeness (QED) is 0.836. The number of rotatable bonds is 1. The van der Waals surface area contributed by atoms with Crippen LogP contribution >= 0.6 is 23.2 Å². The van der Waals surface area contributed by atoms with Gasteiger partial charge in [-0.15, -0.1) is 0 Å². The van der Waals surface area contributed by atoms with Gasteiger partial charge in [0.1, 0.15) is 0 Å². The number of halogens is 2. The van der Waals surface area contributed by atoms with Gasteiger partial charge < -0.3 is 15.5 Å². The third kappa shape index (κ3) is 2.87. The van der Waals surface area contributed by atoms with E-state index in [2.05, 4.69) is 10.6 Å². The molecule has 2 saturated heterocycles. The number of carbonyl (C=O) groups is 1. The topological polar surface area (TPSA) is 44.4 Å². The predicted octanol–water partition coefficient (Wildman–Crippen LogP) is 3.21. The summed E-state index contributed by atoms with van der Waals surface area (Å²) in [5.74, 6) is 0. The van der Waals surface area contributed by atoms with Crippen molar-refractivity contribution in [3.05, 3.63) is 28.2 Å². The van der Waals surface area contributed by atoms with Crippen LogP contribution in [0.25, 0.3) is 0 Å². The van der Waals surface area contributed by atoms with E-state index in [-0.39, 0.29) is 11.4 Å². The average Bonchev–Trinajstić information content (AvgIpc) is 2.99. The summed E-state index contributed by atoms with van der Waals surface area (Å²) in [4.78, 5) is 14.2. The van der Waals surface area contributed by atoms with E-state index in [1.54, 1.807) is 18.2 Å². The van der Waals surface area contributed by atoms with Crippen molar-refractivity contribution in [2.45, 2.75) is 12.8 Å². The number of urea groups is 1. The summed E-state index contributed by atoms with van der Waals surface area (Å²) in [6.07, 6.45) is 2.23. The fraction of sp³-hybridized carbons (Fsp3) is 0.500. The van der Waals surface area contributed by atoms with Gasteiger partial charge in [-0.25, -0.2) is 4.79 Å². The molecule has 2 amide bonds. The molecule has 0 bridgehead atoms. The minimum Gasteiger partial charge on any atom is -0.324 e. The molecular weight excluding hydrogens is 297 g/mol. The lowest BCUT2D eigenvalue weighted by Gasteiger charge is -2.23. The summed E-state index contributed by atoms with van der Waals surface area (Å²) in [6, 6.07) is 4.98. The fourth-order valence-electron chi connectivity index (χ4n) is 3.08. The molecule has 1 aromatic carbocycles. The van der Waals surface area contributed by atoms with Crippen LogP contribution in [0.4, 0.5) is 10.5 Å². The highest BCUT2D eigenvalue weighted by Crippen LogP contribution is 2.36. The van der Waals surface area contributed by atoms with Crippen molar-refractivity contribution in [1.29, 1.82) is 0 Å². The first-order valence-corrected chi connectivity index (χ1v) is 7.55. The Morgan fingerprint density at radius 2 is 2.00 bits per heavy atom. The van der Waals surface area contributed by atoms with Crippen molar-refractivity contribution in [3.63, 3.8) is 0 Å². The van der Waals surface area contributed by atoms with Crippen LogP contribution in [0, 0.1) is 5.41 Å². The molecule has 2 fully saturated rings. The lowest BCUT2D eigenvalue weighted by molar-refractivity contribution is 0.215. The standard InChI is InChI=1S/C14H17Cl2N3O/c15-10-5-11(16)7-12(6-10)18-13(20)19-4-2-14(9-19)1-3-17-8-14/h5-7,17H,1-4,8-9H2,(H,18,20). The van der Waals surface area contributed by atoms with Crippen LogP contribution in [0.1, 0.15) is 12.8 Å². The van der Waals surface area contributed by atoms with Gasteiger partial charge in [0.25, 0.3) is 0 Å². The Morgan fingerprint density at radius 3 is 2.65 bits per heavy atom. The third-order valence-electron chi connectivity index (χ3n) is 4.17. The zero-order valence-electron chi connectivity index (χ0n) is 11.1. The molecule has 20 heavy (non-hydrogen) atoms. The van der Waals surface area contributed by atoms with Gasteiger partial charge in [0, 0.05) is 40.8 Å². The Kier molecular flexibility index (Phi) is 3.80. The minimum absolute atomic E-state index is 0.0768. The summed E-state index contributed by atoms with van der Waals surface area (Å²) in [7, 11) is 0. The van der Waals surface area contributed by atoms with Crippen molar-refractivity contribution >= 4 is 34.9 Å². The van der Waals surface area contributed by atoms with Crippen molar-refractivity contribution in [3.8, 4) is 0 Å². The lowest BCUT2D eigenvalue weighted by Crippen LogP contribution is -2.36. The fourth-order valence-corrected chi connectivity index (χ4v) is 3.61. The van der Waals surface area contributed by atoms with Crippen LogP contribution in [0.5, 0.6) is 0 Å². The largest absolute Gasteiger partial charge is 0.324 e. The van der Waals surface area contributed by atoms with E-state index in [9.17, 15) is 4.79 Å². The van der Waals surface area contributed by atoms with Gasteiger partial charge in [-0.1, -0.05) is 23.2 Å². The molecule has 2 N–H and O–H groups in total. The summed E-state index contributed by atoms with van der Waals surface area (Å²) in [5.41, 5.74) is 0.918. The maximum Gasteiger partial charge on any atom is 0.321 e. The van der Waals surface area contributed by atoms with E-state index in [1.165, 1.54) is 0 Å². The summed E-state index contributed by atoms with van der Waals surface area (Å²) in [5, 5.41) is 7.29. The van der Waals surface area contributed by atoms with E-state index in [1.807, 2.05) is 4.90 Å². The average molecular weight is 314 g/mol. The molecule has 2 heterocycles. The normalized spacial score (nSPS) is 25.4. The summed E-state index contributed by atoms with van der Waals surface area (Å²) in [6.45, 7) is 3.70. The second-order valence-electron chi connectivity index (χ2n) is 5.69. The van der Waals surface area contributed by atoms with Crippen molar-refractivity contribution in [2.75, 3.05) is 31.5 Å². The molecule has 3 rings (SSSR count). The number of anilines is 1. The number of nitrogens with one attached hydrogen (secondary N) is 2. The van der Waals surface area contributed by atoms with E-state index in [0.717, 1.165) is 39.0 Å². The van der Waals surface area contributed by atoms with Gasteiger partial charge in [-0.2, -0.15) is 0 Å². The molecule has 0 radical (unpaired) electrons. The number of nitrogens with zero attached hydrogens (tertiary/aromatic N) is 1. The van der Waals surface area contributed by atoms with Crippen LogP contribution in [-0.4, -0.2) is 37.1 Å².